The molecule has 1 aliphatic heterocycles. The van der Waals surface area contributed by atoms with Gasteiger partial charge in [-0.2, -0.15) is 0 Å². The van der Waals surface area contributed by atoms with Crippen LogP contribution in [0.2, 0.25) is 0 Å². The molecule has 172 valence electrons. The molecule has 1 saturated carbocycles. The fourth-order valence-electron chi connectivity index (χ4n) is 5.52. The van der Waals surface area contributed by atoms with E-state index in [1.54, 1.807) is 7.11 Å². The third kappa shape index (κ3) is 5.69. The highest BCUT2D eigenvalue weighted by atomic mass is 16.5. The molecular weight excluding hydrogens is 398 g/mol. The Labute approximate surface area is 192 Å². The molecule has 1 aromatic heterocycles. The third-order valence-electron chi connectivity index (χ3n) is 7.27. The molecule has 1 aliphatic carbocycles. The van der Waals surface area contributed by atoms with E-state index in [4.69, 9.17) is 4.74 Å². The van der Waals surface area contributed by atoms with E-state index in [2.05, 4.69) is 46.4 Å². The number of hydrogen-bond donors (Lipinski definition) is 1. The van der Waals surface area contributed by atoms with Gasteiger partial charge >= 0.3 is 0 Å². The highest BCUT2D eigenvalue weighted by Crippen LogP contribution is 2.33. The van der Waals surface area contributed by atoms with Crippen LogP contribution in [-0.2, 0) is 11.3 Å². The van der Waals surface area contributed by atoms with Crippen molar-refractivity contribution >= 4 is 5.91 Å². The molecule has 0 spiro atoms. The van der Waals surface area contributed by atoms with Gasteiger partial charge in [-0.15, -0.1) is 0 Å². The lowest BCUT2D eigenvalue weighted by atomic mass is 9.86. The van der Waals surface area contributed by atoms with Crippen LogP contribution < -0.4 is 10.1 Å². The van der Waals surface area contributed by atoms with Gasteiger partial charge in [0.1, 0.15) is 5.75 Å². The van der Waals surface area contributed by atoms with E-state index in [-0.39, 0.29) is 11.9 Å². The number of methoxy groups -OCH3 is 1. The number of hydrogen-bond acceptors (Lipinski definition) is 4. The Morgan fingerprint density at radius 1 is 1.12 bits per heavy atom. The van der Waals surface area contributed by atoms with Crippen molar-refractivity contribution in [1.29, 1.82) is 0 Å². The number of carbonyl (C=O) groups excluding carboxylic acids is 1. The molecule has 2 fully saturated rings. The highest BCUT2D eigenvalue weighted by Gasteiger charge is 2.31. The van der Waals surface area contributed by atoms with Crippen molar-refractivity contribution in [3.8, 4) is 5.75 Å². The molecule has 5 nitrogen and oxygen atoms in total. The first-order valence-corrected chi connectivity index (χ1v) is 12.2. The van der Waals surface area contributed by atoms with Gasteiger partial charge in [0.15, 0.2) is 0 Å². The van der Waals surface area contributed by atoms with Crippen molar-refractivity contribution in [2.45, 2.75) is 64.5 Å². The smallest absolute Gasteiger partial charge is 0.220 e. The monoisotopic (exact) mass is 435 g/mol. The molecular formula is C27H37N3O2. The van der Waals surface area contributed by atoms with Gasteiger partial charge in [0.2, 0.25) is 5.91 Å². The van der Waals surface area contributed by atoms with Gasteiger partial charge in [-0.1, -0.05) is 37.1 Å². The number of rotatable bonds is 8. The minimum Gasteiger partial charge on any atom is -0.496 e. The fourth-order valence-corrected chi connectivity index (χ4v) is 5.52. The summed E-state index contributed by atoms with van der Waals surface area (Å²) < 4.78 is 5.65. The number of ether oxygens (including phenoxy) is 1. The number of amides is 1. The van der Waals surface area contributed by atoms with E-state index in [0.717, 1.165) is 43.9 Å². The lowest BCUT2D eigenvalue weighted by Gasteiger charge is -2.36. The minimum absolute atomic E-state index is 0.000703. The zero-order valence-electron chi connectivity index (χ0n) is 19.6. The van der Waals surface area contributed by atoms with Crippen LogP contribution in [0.25, 0.3) is 0 Å². The van der Waals surface area contributed by atoms with Gasteiger partial charge in [0.25, 0.3) is 0 Å². The normalized spacial score (nSPS) is 19.1. The molecule has 1 unspecified atom stereocenters. The van der Waals surface area contributed by atoms with Crippen LogP contribution in [0.1, 0.15) is 67.8 Å². The number of aromatic nitrogens is 1. The van der Waals surface area contributed by atoms with Crippen LogP contribution in [0, 0.1) is 18.8 Å². The summed E-state index contributed by atoms with van der Waals surface area (Å²) in [7, 11) is 1.75. The largest absolute Gasteiger partial charge is 0.496 e. The maximum Gasteiger partial charge on any atom is 0.220 e. The van der Waals surface area contributed by atoms with Crippen LogP contribution in [-0.4, -0.2) is 36.0 Å². The molecule has 1 atom stereocenters. The predicted octanol–water partition coefficient (Wildman–Crippen LogP) is 5.05. The zero-order valence-corrected chi connectivity index (χ0v) is 19.6. The molecule has 2 aliphatic rings. The van der Waals surface area contributed by atoms with E-state index >= 15 is 0 Å². The number of likely N-dealkylation sites (tertiary alicyclic amines) is 1. The Balaban J connectivity index is 1.39. The van der Waals surface area contributed by atoms with E-state index in [1.807, 2.05) is 18.3 Å². The third-order valence-corrected chi connectivity index (χ3v) is 7.27. The van der Waals surface area contributed by atoms with Crippen molar-refractivity contribution in [3.63, 3.8) is 0 Å². The SMILES string of the molecule is COc1c(C)cccc1CN1CCC(C(NC(=O)CC2CCCC2)c2ccccn2)CC1. The predicted molar refractivity (Wildman–Crippen MR) is 127 cm³/mol. The first-order chi connectivity index (χ1) is 15.6. The van der Waals surface area contributed by atoms with Crippen molar-refractivity contribution < 1.29 is 9.53 Å². The summed E-state index contributed by atoms with van der Waals surface area (Å²) >= 11 is 0. The summed E-state index contributed by atoms with van der Waals surface area (Å²) in [5, 5.41) is 3.38. The van der Waals surface area contributed by atoms with E-state index in [0.29, 0.717) is 18.3 Å². The number of aryl methyl sites for hydroxylation is 1. The summed E-state index contributed by atoms with van der Waals surface area (Å²) in [6.07, 6.45) is 9.54. The van der Waals surface area contributed by atoms with Gasteiger partial charge in [-0.25, -0.2) is 0 Å². The molecule has 0 radical (unpaired) electrons. The number of piperidine rings is 1. The molecule has 2 aromatic rings. The Morgan fingerprint density at radius 3 is 2.59 bits per heavy atom. The first-order valence-electron chi connectivity index (χ1n) is 12.2. The second-order valence-electron chi connectivity index (χ2n) is 9.54. The van der Waals surface area contributed by atoms with Crippen molar-refractivity contribution in [1.82, 2.24) is 15.2 Å². The molecule has 2 heterocycles. The molecule has 32 heavy (non-hydrogen) atoms. The quantitative estimate of drug-likeness (QED) is 0.631. The maximum atomic E-state index is 12.9. The Morgan fingerprint density at radius 2 is 1.91 bits per heavy atom. The first kappa shape index (κ1) is 22.8. The summed E-state index contributed by atoms with van der Waals surface area (Å²) in [6.45, 7) is 5.04. The minimum atomic E-state index is 0.000703. The fraction of sp³-hybridized carbons (Fsp3) is 0.556. The molecule has 1 saturated heterocycles. The van der Waals surface area contributed by atoms with Gasteiger partial charge in [0.05, 0.1) is 18.8 Å². The Kier molecular flexibility index (Phi) is 7.80. The van der Waals surface area contributed by atoms with Crippen LogP contribution in [0.3, 0.4) is 0 Å². The standard InChI is InChI=1S/C27H37N3O2/c1-20-8-7-11-23(27(20)32-2)19-30-16-13-22(14-17-30)26(24-12-5-6-15-28-24)29-25(31)18-21-9-3-4-10-21/h5-8,11-12,15,21-22,26H,3-4,9-10,13-14,16-19H2,1-2H3,(H,29,31). The summed E-state index contributed by atoms with van der Waals surface area (Å²) in [4.78, 5) is 20.0. The number of nitrogens with one attached hydrogen (secondary N) is 1. The van der Waals surface area contributed by atoms with Crippen LogP contribution in [0.15, 0.2) is 42.6 Å². The molecule has 0 bridgehead atoms. The zero-order chi connectivity index (χ0) is 22.3. The molecule has 5 heteroatoms. The van der Waals surface area contributed by atoms with Crippen molar-refractivity contribution in [3.05, 3.63) is 59.4 Å². The molecule has 1 amide bonds. The van der Waals surface area contributed by atoms with Crippen LogP contribution >= 0.6 is 0 Å². The van der Waals surface area contributed by atoms with E-state index in [9.17, 15) is 4.79 Å². The number of para-hydroxylation sites is 1. The van der Waals surface area contributed by atoms with Crippen LogP contribution in [0.5, 0.6) is 5.75 Å². The summed E-state index contributed by atoms with van der Waals surface area (Å²) in [6, 6.07) is 12.4. The molecule has 1 N–H and O–H groups in total. The van der Waals surface area contributed by atoms with Gasteiger partial charge in [-0.3, -0.25) is 14.7 Å². The number of benzene rings is 1. The van der Waals surface area contributed by atoms with Crippen molar-refractivity contribution in [2.24, 2.45) is 11.8 Å². The van der Waals surface area contributed by atoms with E-state index in [1.165, 1.54) is 36.8 Å². The number of nitrogens with zero attached hydrogens (tertiary/aromatic N) is 2. The summed E-state index contributed by atoms with van der Waals surface area (Å²) in [5.74, 6) is 2.17. The van der Waals surface area contributed by atoms with Gasteiger partial charge in [0, 0.05) is 24.7 Å². The second kappa shape index (κ2) is 11.0. The van der Waals surface area contributed by atoms with E-state index < -0.39 is 0 Å². The number of pyridine rings is 1. The van der Waals surface area contributed by atoms with Gasteiger partial charge in [-0.05, 0) is 75.2 Å². The molecule has 1 aromatic carbocycles. The average molecular weight is 436 g/mol. The number of carbonyl (C=O) groups is 1. The van der Waals surface area contributed by atoms with Gasteiger partial charge < -0.3 is 10.1 Å². The average Bonchev–Trinajstić information content (AvgIpc) is 3.32. The highest BCUT2D eigenvalue weighted by molar-refractivity contribution is 5.76. The van der Waals surface area contributed by atoms with Crippen LogP contribution in [0.4, 0.5) is 0 Å². The Bertz CT molecular complexity index is 872. The second-order valence-corrected chi connectivity index (χ2v) is 9.54. The lowest BCUT2D eigenvalue weighted by molar-refractivity contribution is -0.123. The van der Waals surface area contributed by atoms with Crippen molar-refractivity contribution in [2.75, 3.05) is 20.2 Å². The topological polar surface area (TPSA) is 54.5 Å². The Hall–Kier alpha value is -2.40. The summed E-state index contributed by atoms with van der Waals surface area (Å²) in [5.41, 5.74) is 3.42. The molecule has 4 rings (SSSR count). The maximum absolute atomic E-state index is 12.9. The lowest BCUT2D eigenvalue weighted by Crippen LogP contribution is -2.41.